The van der Waals surface area contributed by atoms with Crippen molar-refractivity contribution in [3.8, 4) is 0 Å². The molecule has 2 heterocycles. The number of para-hydroxylation sites is 1. The van der Waals surface area contributed by atoms with E-state index in [1.54, 1.807) is 25.0 Å². The first kappa shape index (κ1) is 7.33. The highest BCUT2D eigenvalue weighted by molar-refractivity contribution is 5.82. The highest BCUT2D eigenvalue weighted by Crippen LogP contribution is 2.40. The molecular formula is C14H14N3. The largest absolute Gasteiger partial charge is 0.348 e. The molecule has 0 atom stereocenters. The number of fused-ring (bicyclic) bond motifs is 1. The molecule has 2 aromatic rings. The van der Waals surface area contributed by atoms with E-state index >= 15 is 0 Å². The van der Waals surface area contributed by atoms with Gasteiger partial charge in [-0.1, -0.05) is 18.2 Å². The fourth-order valence-corrected chi connectivity index (χ4v) is 2.00. The van der Waals surface area contributed by atoms with Crippen molar-refractivity contribution in [2.45, 2.75) is 6.92 Å². The molecule has 0 aliphatic carbocycles. The number of rotatable bonds is 1. The predicted octanol–water partition coefficient (Wildman–Crippen LogP) is 3.10. The van der Waals surface area contributed by atoms with Crippen LogP contribution in [0.1, 0.15) is 9.68 Å². The van der Waals surface area contributed by atoms with Crippen LogP contribution >= 0.6 is 0 Å². The summed E-state index contributed by atoms with van der Waals surface area (Å²) in [6.45, 7) is 1.35. The zero-order chi connectivity index (χ0) is 14.3. The highest BCUT2D eigenvalue weighted by Gasteiger charge is 2.26. The van der Waals surface area contributed by atoms with Gasteiger partial charge < -0.3 is 4.90 Å². The topological polar surface area (TPSA) is 19.4 Å². The minimum absolute atomic E-state index is 0.593. The first-order valence-corrected chi connectivity index (χ1v) is 5.43. The number of pyridine rings is 1. The van der Waals surface area contributed by atoms with Gasteiger partial charge in [0.25, 0.3) is 0 Å². The van der Waals surface area contributed by atoms with Gasteiger partial charge in [-0.25, -0.2) is 4.98 Å². The van der Waals surface area contributed by atoms with Crippen LogP contribution in [0, 0.1) is 13.6 Å². The zero-order valence-electron chi connectivity index (χ0n) is 12.5. The first-order chi connectivity index (χ1) is 9.48. The average molecular weight is 227 g/mol. The van der Waals surface area contributed by atoms with Crippen molar-refractivity contribution in [1.82, 2.24) is 4.98 Å². The van der Waals surface area contributed by atoms with Crippen LogP contribution in [0.5, 0.6) is 0 Å². The molecule has 0 amide bonds. The van der Waals surface area contributed by atoms with Crippen LogP contribution in [-0.4, -0.2) is 12.0 Å². The number of nitrogens with zero attached hydrogens (tertiary/aromatic N) is 3. The summed E-state index contributed by atoms with van der Waals surface area (Å²) in [5, 5.41) is 0. The van der Waals surface area contributed by atoms with Gasteiger partial charge in [0.15, 0.2) is 5.82 Å². The van der Waals surface area contributed by atoms with Crippen molar-refractivity contribution >= 4 is 17.2 Å². The van der Waals surface area contributed by atoms with E-state index in [-0.39, 0.29) is 0 Å². The van der Waals surface area contributed by atoms with E-state index < -0.39 is 6.98 Å². The third kappa shape index (κ3) is 1.55. The van der Waals surface area contributed by atoms with Crippen LogP contribution in [0.15, 0.2) is 42.6 Å². The summed E-state index contributed by atoms with van der Waals surface area (Å²) in [5.41, 5.74) is 2.59. The smallest absolute Gasteiger partial charge is 0.158 e. The first-order valence-electron chi connectivity index (χ1n) is 6.93. The number of hydrogen-bond donors (Lipinski definition) is 0. The van der Waals surface area contributed by atoms with Gasteiger partial charge in [0.1, 0.15) is 6.67 Å². The molecule has 0 fully saturated rings. The monoisotopic (exact) mass is 227 g/mol. The molecule has 0 saturated heterocycles. The fraction of sp³-hybridized carbons (Fsp3) is 0.143. The Kier molecular flexibility index (Phi) is 1.62. The number of anilines is 3. The molecule has 3 nitrogen and oxygen atoms in total. The zero-order valence-corrected chi connectivity index (χ0v) is 9.46. The lowest BCUT2D eigenvalue weighted by molar-refractivity contribution is 1.07. The number of aryl methyl sites for hydroxylation is 1. The molecule has 1 radical (unpaired) electrons. The maximum Gasteiger partial charge on any atom is 0.158 e. The van der Waals surface area contributed by atoms with Crippen molar-refractivity contribution in [3.63, 3.8) is 0 Å². The molecule has 0 N–H and O–H groups in total. The van der Waals surface area contributed by atoms with Gasteiger partial charge in [-0.15, -0.1) is 0 Å². The Balaban J connectivity index is 2.10. The standard InChI is InChI=1S/C14H14N3/c1-11-6-3-4-7-12(11)17-10-16(2)13-8-5-9-15-14(13)17/h3-10H,1-2H3/i2D3. The van der Waals surface area contributed by atoms with E-state index in [0.717, 1.165) is 11.3 Å². The van der Waals surface area contributed by atoms with Crippen LogP contribution in [0.3, 0.4) is 0 Å². The molecular weight excluding hydrogens is 210 g/mol. The molecule has 0 saturated carbocycles. The van der Waals surface area contributed by atoms with Gasteiger partial charge in [-0.3, -0.25) is 4.90 Å². The predicted molar refractivity (Wildman–Crippen MR) is 70.3 cm³/mol. The van der Waals surface area contributed by atoms with E-state index in [4.69, 9.17) is 4.11 Å². The van der Waals surface area contributed by atoms with E-state index in [1.807, 2.05) is 36.1 Å². The van der Waals surface area contributed by atoms with Gasteiger partial charge in [-0.05, 0) is 30.7 Å². The molecule has 0 bridgehead atoms. The highest BCUT2D eigenvalue weighted by atomic mass is 15.4. The summed E-state index contributed by atoms with van der Waals surface area (Å²) in [7, 11) is 0. The second kappa shape index (κ2) is 3.77. The quantitative estimate of drug-likeness (QED) is 0.746. The SMILES string of the molecule is [2H]C([2H])([2H])N1[CH]N(c2ccccc2C)c2ncccc21. The molecule has 3 heteroatoms. The lowest BCUT2D eigenvalue weighted by Crippen LogP contribution is -2.18. The molecule has 0 unspecified atom stereocenters. The van der Waals surface area contributed by atoms with Crippen molar-refractivity contribution in [1.29, 1.82) is 0 Å². The Morgan fingerprint density at radius 1 is 1.12 bits per heavy atom. The minimum atomic E-state index is -2.23. The molecule has 3 rings (SSSR count). The maximum atomic E-state index is 7.64. The van der Waals surface area contributed by atoms with Gasteiger partial charge in [0.05, 0.1) is 5.69 Å². The van der Waals surface area contributed by atoms with Gasteiger partial charge in [0.2, 0.25) is 0 Å². The van der Waals surface area contributed by atoms with E-state index in [2.05, 4.69) is 4.98 Å². The molecule has 1 aromatic heterocycles. The third-order valence-corrected chi connectivity index (χ3v) is 2.86. The Morgan fingerprint density at radius 3 is 2.76 bits per heavy atom. The van der Waals surface area contributed by atoms with Gasteiger partial charge in [-0.2, -0.15) is 0 Å². The van der Waals surface area contributed by atoms with E-state index in [9.17, 15) is 0 Å². The number of hydrogen-bond acceptors (Lipinski definition) is 3. The van der Waals surface area contributed by atoms with Crippen molar-refractivity contribution in [3.05, 3.63) is 54.8 Å². The summed E-state index contributed by atoms with van der Waals surface area (Å²) in [6, 6.07) is 11.3. The molecule has 1 aliphatic heterocycles. The molecule has 85 valence electrons. The van der Waals surface area contributed by atoms with E-state index in [0.29, 0.717) is 11.5 Å². The Morgan fingerprint density at radius 2 is 1.94 bits per heavy atom. The lowest BCUT2D eigenvalue weighted by atomic mass is 10.2. The van der Waals surface area contributed by atoms with Crippen LogP contribution in [0.4, 0.5) is 17.2 Å². The number of aromatic nitrogens is 1. The lowest BCUT2D eigenvalue weighted by Gasteiger charge is -2.19. The third-order valence-electron chi connectivity index (χ3n) is 2.86. The van der Waals surface area contributed by atoms with Crippen LogP contribution in [-0.2, 0) is 0 Å². The van der Waals surface area contributed by atoms with Gasteiger partial charge >= 0.3 is 0 Å². The second-order valence-electron chi connectivity index (χ2n) is 3.99. The molecule has 0 spiro atoms. The van der Waals surface area contributed by atoms with Gasteiger partial charge in [0, 0.05) is 23.0 Å². The van der Waals surface area contributed by atoms with Crippen LogP contribution in [0.25, 0.3) is 0 Å². The Labute approximate surface area is 106 Å². The van der Waals surface area contributed by atoms with Crippen molar-refractivity contribution < 1.29 is 4.11 Å². The minimum Gasteiger partial charge on any atom is -0.348 e. The molecule has 17 heavy (non-hydrogen) atoms. The summed E-state index contributed by atoms with van der Waals surface area (Å²) in [5.74, 6) is 0.637. The van der Waals surface area contributed by atoms with Crippen LogP contribution in [0.2, 0.25) is 0 Å². The summed E-state index contributed by atoms with van der Waals surface area (Å²) in [6.07, 6.45) is 1.67. The Hall–Kier alpha value is -2.03. The fourth-order valence-electron chi connectivity index (χ4n) is 2.00. The molecule has 1 aromatic carbocycles. The van der Waals surface area contributed by atoms with Crippen molar-refractivity contribution in [2.75, 3.05) is 16.8 Å². The normalized spacial score (nSPS) is 17.4. The summed E-state index contributed by atoms with van der Waals surface area (Å²) >= 11 is 0. The second-order valence-corrected chi connectivity index (χ2v) is 3.99. The van der Waals surface area contributed by atoms with Crippen LogP contribution < -0.4 is 9.80 Å². The van der Waals surface area contributed by atoms with E-state index in [1.165, 1.54) is 4.90 Å². The number of benzene rings is 1. The summed E-state index contributed by atoms with van der Waals surface area (Å²) in [4.78, 5) is 7.42. The Bertz CT molecular complexity index is 640. The maximum absolute atomic E-state index is 7.64. The van der Waals surface area contributed by atoms with Crippen molar-refractivity contribution in [2.24, 2.45) is 0 Å². The molecule has 1 aliphatic rings. The average Bonchev–Trinajstić information content (AvgIpc) is 2.79. The summed E-state index contributed by atoms with van der Waals surface area (Å²) < 4.78 is 22.9.